The molecule has 0 spiro atoms. The van der Waals surface area contributed by atoms with Gasteiger partial charge in [0.25, 0.3) is 0 Å². The van der Waals surface area contributed by atoms with Crippen molar-refractivity contribution in [3.8, 4) is 0 Å². The summed E-state index contributed by atoms with van der Waals surface area (Å²) in [5, 5.41) is 22.8. The Labute approximate surface area is 198 Å². The molecule has 4 rings (SSSR count). The number of fused-ring (bicyclic) bond motifs is 2. The number of carboxylic acids is 1. The molecular weight excluding hydrogens is 423 g/mol. The zero-order valence-corrected chi connectivity index (χ0v) is 20.3. The molecule has 4 heterocycles. The van der Waals surface area contributed by atoms with Crippen molar-refractivity contribution < 1.29 is 49.4 Å². The summed E-state index contributed by atoms with van der Waals surface area (Å²) in [4.78, 5) is 31.9. The monoisotopic (exact) mass is 444 g/mol. The van der Waals surface area contributed by atoms with Crippen molar-refractivity contribution in [1.82, 2.24) is 14.3 Å². The minimum atomic E-state index is -1.37. The van der Waals surface area contributed by atoms with Gasteiger partial charge in [-0.05, 0) is 13.8 Å². The van der Waals surface area contributed by atoms with Crippen LogP contribution < -0.4 is 40.4 Å². The maximum absolute atomic E-state index is 12.5. The summed E-state index contributed by atoms with van der Waals surface area (Å²) in [6, 6.07) is -0.359. The van der Waals surface area contributed by atoms with Crippen LogP contribution in [-0.4, -0.2) is 55.7 Å². The molecular formula is C18H21N4NaO4S2. The maximum Gasteiger partial charge on any atom is 1.00 e. The van der Waals surface area contributed by atoms with Crippen molar-refractivity contribution in [1.29, 1.82) is 0 Å². The predicted octanol–water partition coefficient (Wildman–Crippen LogP) is -2.92. The van der Waals surface area contributed by atoms with Crippen molar-refractivity contribution in [2.24, 2.45) is 17.6 Å². The first kappa shape index (κ1) is 22.8. The van der Waals surface area contributed by atoms with Crippen LogP contribution in [0.2, 0.25) is 0 Å². The van der Waals surface area contributed by atoms with Crippen molar-refractivity contribution in [2.75, 3.05) is 12.3 Å². The number of hydrogen-bond acceptors (Lipinski definition) is 8. The van der Waals surface area contributed by atoms with E-state index in [1.165, 1.54) is 16.2 Å². The van der Waals surface area contributed by atoms with Crippen molar-refractivity contribution >= 4 is 45.4 Å². The average molecular weight is 445 g/mol. The second-order valence-corrected chi connectivity index (χ2v) is 9.29. The number of aliphatic carboxylic acids is 1. The third kappa shape index (κ3) is 3.38. The number of β-lactam (4-membered cyclic amide) rings is 1. The smallest absolute Gasteiger partial charge is 0.543 e. The number of thioether (sulfide) groups is 1. The normalized spacial score (nSPS) is 24.5. The minimum absolute atomic E-state index is 0. The van der Waals surface area contributed by atoms with E-state index in [4.69, 9.17) is 5.73 Å². The van der Waals surface area contributed by atoms with Gasteiger partial charge in [0.2, 0.25) is 5.91 Å². The molecule has 2 aromatic heterocycles. The van der Waals surface area contributed by atoms with Crippen LogP contribution in [0.3, 0.4) is 0 Å². The topological polar surface area (TPSA) is 124 Å². The van der Waals surface area contributed by atoms with Crippen LogP contribution in [0.1, 0.15) is 24.5 Å². The van der Waals surface area contributed by atoms with Gasteiger partial charge in [0, 0.05) is 30.0 Å². The standard InChI is InChI=1S/C18H22N4O4S2.Na/c1-7-11(14(18(25)26)22-13(7)12(8(2)23)16(22)24)10-6-21-9(3)20-15(17(21)28-10)27-5-4-19;/h6-8,12-13,23H,4-5,19H2,1-3H3,(H,25,26);/q;+1/p-1/t7-,8+,12+,13+;/m0./s1. The van der Waals surface area contributed by atoms with Crippen molar-refractivity contribution in [3.05, 3.63) is 22.6 Å². The fourth-order valence-corrected chi connectivity index (χ4v) is 6.46. The van der Waals surface area contributed by atoms with Gasteiger partial charge in [0.05, 0.1) is 34.6 Å². The number of carboxylic acid groups (broad SMARTS) is 1. The van der Waals surface area contributed by atoms with E-state index in [1.54, 1.807) is 18.7 Å². The molecule has 2 aromatic rings. The first-order valence-electron chi connectivity index (χ1n) is 9.06. The van der Waals surface area contributed by atoms with Gasteiger partial charge < -0.3 is 25.6 Å². The summed E-state index contributed by atoms with van der Waals surface area (Å²) in [5.41, 5.74) is 6.11. The van der Waals surface area contributed by atoms with E-state index in [-0.39, 0.29) is 53.1 Å². The zero-order valence-electron chi connectivity index (χ0n) is 16.7. The summed E-state index contributed by atoms with van der Waals surface area (Å²) in [7, 11) is 0. The van der Waals surface area contributed by atoms with E-state index in [0.717, 1.165) is 26.3 Å². The van der Waals surface area contributed by atoms with Crippen molar-refractivity contribution in [3.63, 3.8) is 0 Å². The van der Waals surface area contributed by atoms with E-state index in [0.29, 0.717) is 12.1 Å². The zero-order chi connectivity index (χ0) is 20.3. The number of aryl methyl sites for hydroxylation is 1. The van der Waals surface area contributed by atoms with Crippen molar-refractivity contribution in [2.45, 2.75) is 37.9 Å². The van der Waals surface area contributed by atoms with E-state index >= 15 is 0 Å². The van der Waals surface area contributed by atoms with Gasteiger partial charge in [-0.2, -0.15) is 0 Å². The van der Waals surface area contributed by atoms with Crippen LogP contribution in [-0.2, 0) is 9.59 Å². The Morgan fingerprint density at radius 1 is 1.52 bits per heavy atom. The molecule has 1 amide bonds. The molecule has 11 heteroatoms. The number of nitrogens with two attached hydrogens (primary N) is 1. The van der Waals surface area contributed by atoms with Gasteiger partial charge in [-0.1, -0.05) is 6.92 Å². The van der Waals surface area contributed by atoms with Gasteiger partial charge in [-0.3, -0.25) is 9.20 Å². The van der Waals surface area contributed by atoms with Gasteiger partial charge in [-0.25, -0.2) is 4.98 Å². The third-order valence-electron chi connectivity index (χ3n) is 5.45. The molecule has 1 saturated heterocycles. The predicted molar refractivity (Wildman–Crippen MR) is 104 cm³/mol. The molecule has 0 saturated carbocycles. The number of aliphatic hydroxyl groups is 1. The summed E-state index contributed by atoms with van der Waals surface area (Å²) < 4.78 is 1.94. The number of amides is 1. The third-order valence-corrected chi connectivity index (χ3v) is 7.71. The molecule has 0 unspecified atom stereocenters. The Morgan fingerprint density at radius 3 is 2.79 bits per heavy atom. The Morgan fingerprint density at radius 2 is 2.21 bits per heavy atom. The second kappa shape index (κ2) is 8.33. The van der Waals surface area contributed by atoms with Crippen LogP contribution in [0, 0.1) is 18.8 Å². The summed E-state index contributed by atoms with van der Waals surface area (Å²) >= 11 is 3.01. The number of aliphatic hydroxyl groups excluding tert-OH is 1. The molecule has 4 atom stereocenters. The summed E-state index contributed by atoms with van der Waals surface area (Å²) in [6.45, 7) is 5.89. The number of hydrogen-bond donors (Lipinski definition) is 2. The largest absolute Gasteiger partial charge is 1.00 e. The number of aromatic nitrogens is 2. The Hall–Kier alpha value is -0.880. The van der Waals surface area contributed by atoms with E-state index < -0.39 is 18.0 Å². The average Bonchev–Trinajstić information content (AvgIpc) is 3.23. The molecule has 8 nitrogen and oxygen atoms in total. The van der Waals surface area contributed by atoms with E-state index in [1.807, 2.05) is 24.4 Å². The van der Waals surface area contributed by atoms with Gasteiger partial charge in [0.15, 0.2) is 0 Å². The number of rotatable bonds is 6. The molecule has 2 aliphatic rings. The van der Waals surface area contributed by atoms with Gasteiger partial charge in [-0.15, -0.1) is 23.1 Å². The number of carbonyl (C=O) groups excluding carboxylic acids is 2. The number of nitrogens with zero attached hydrogens (tertiary/aromatic N) is 3. The Bertz CT molecular complexity index is 1020. The molecule has 0 aliphatic carbocycles. The van der Waals surface area contributed by atoms with Gasteiger partial charge >= 0.3 is 29.6 Å². The Balaban J connectivity index is 0.00000240. The molecule has 29 heavy (non-hydrogen) atoms. The maximum atomic E-state index is 12.5. The molecule has 2 aliphatic heterocycles. The first-order valence-corrected chi connectivity index (χ1v) is 10.9. The fourth-order valence-electron chi connectivity index (χ4n) is 4.25. The minimum Gasteiger partial charge on any atom is -0.543 e. The van der Waals surface area contributed by atoms with Gasteiger partial charge in [0.1, 0.15) is 15.7 Å². The van der Waals surface area contributed by atoms with E-state index in [9.17, 15) is 19.8 Å². The Kier molecular flexibility index (Phi) is 6.55. The summed E-state index contributed by atoms with van der Waals surface area (Å²) in [6.07, 6.45) is 1.04. The SMILES string of the molecule is Cc1nc(SCCN)c2sc(C3=C(C(=O)[O-])N4C(=O)[C@H]([C@@H](C)O)[C@H]4[C@H]3C)cn12.[Na+]. The molecule has 0 bridgehead atoms. The first-order chi connectivity index (χ1) is 13.3. The van der Waals surface area contributed by atoms with Crippen LogP contribution >= 0.6 is 23.1 Å². The molecule has 0 radical (unpaired) electrons. The molecule has 0 aromatic carbocycles. The summed E-state index contributed by atoms with van der Waals surface area (Å²) in [5.74, 6) is -0.995. The van der Waals surface area contributed by atoms with Crippen LogP contribution in [0.4, 0.5) is 0 Å². The molecule has 1 fully saturated rings. The van der Waals surface area contributed by atoms with Crippen LogP contribution in [0.15, 0.2) is 16.9 Å². The number of imidazole rings is 1. The van der Waals surface area contributed by atoms with Crippen LogP contribution in [0.5, 0.6) is 0 Å². The molecule has 150 valence electrons. The molecule has 3 N–H and O–H groups in total. The quantitative estimate of drug-likeness (QED) is 0.278. The number of thiazole rings is 1. The second-order valence-electron chi connectivity index (χ2n) is 7.18. The number of carbonyl (C=O) groups is 2. The van der Waals surface area contributed by atoms with E-state index in [2.05, 4.69) is 4.98 Å². The van der Waals surface area contributed by atoms with Crippen LogP contribution in [0.25, 0.3) is 10.4 Å². The fraction of sp³-hybridized carbons (Fsp3) is 0.500.